The van der Waals surface area contributed by atoms with E-state index in [1.54, 1.807) is 12.1 Å². The van der Waals surface area contributed by atoms with Crippen LogP contribution in [0.15, 0.2) is 76.0 Å². The number of aliphatic hydroxyl groups excluding tert-OH is 2. The summed E-state index contributed by atoms with van der Waals surface area (Å²) in [5.41, 5.74) is -0.251. The molecule has 218 valence electrons. The van der Waals surface area contributed by atoms with Gasteiger partial charge < -0.3 is 49.3 Å². The van der Waals surface area contributed by atoms with Crippen LogP contribution in [0.5, 0.6) is 28.7 Å². The molecule has 1 aliphatic rings. The Labute approximate surface area is 237 Å². The maximum absolute atomic E-state index is 13.7. The number of aromatic hydroxyl groups is 4. The molecule has 0 bridgehead atoms. The van der Waals surface area contributed by atoms with E-state index < -0.39 is 53.6 Å². The van der Waals surface area contributed by atoms with Crippen LogP contribution in [0.1, 0.15) is 12.5 Å². The fourth-order valence-corrected chi connectivity index (χ4v) is 4.44. The minimum atomic E-state index is -1.69. The second-order valence-corrected chi connectivity index (χ2v) is 9.61. The normalized spacial score (nSPS) is 22.3. The zero-order valence-electron chi connectivity index (χ0n) is 21.9. The Morgan fingerprint density at radius 3 is 2.19 bits per heavy atom. The highest BCUT2D eigenvalue weighted by atomic mass is 16.7. The van der Waals surface area contributed by atoms with Crippen molar-refractivity contribution in [2.75, 3.05) is 0 Å². The van der Waals surface area contributed by atoms with E-state index in [4.69, 9.17) is 18.6 Å². The van der Waals surface area contributed by atoms with Crippen LogP contribution in [0.4, 0.5) is 0 Å². The smallest absolute Gasteiger partial charge is 0.331 e. The third kappa shape index (κ3) is 5.72. The second-order valence-electron chi connectivity index (χ2n) is 9.61. The van der Waals surface area contributed by atoms with E-state index in [2.05, 4.69) is 0 Å². The summed E-state index contributed by atoms with van der Waals surface area (Å²) in [4.78, 5) is 26.4. The Morgan fingerprint density at radius 1 is 0.881 bits per heavy atom. The molecule has 3 aromatic carbocycles. The maximum Gasteiger partial charge on any atom is 0.331 e. The fraction of sp³-hybridized carbons (Fsp3) is 0.200. The van der Waals surface area contributed by atoms with Gasteiger partial charge in [0.15, 0.2) is 11.9 Å². The molecule has 6 N–H and O–H groups in total. The summed E-state index contributed by atoms with van der Waals surface area (Å²) in [5.74, 6) is -2.64. The van der Waals surface area contributed by atoms with Gasteiger partial charge in [-0.25, -0.2) is 4.79 Å². The molecule has 0 spiro atoms. The van der Waals surface area contributed by atoms with Crippen LogP contribution in [0.25, 0.3) is 28.4 Å². The predicted octanol–water partition coefficient (Wildman–Crippen LogP) is 2.75. The van der Waals surface area contributed by atoms with Crippen molar-refractivity contribution >= 4 is 23.0 Å². The first-order chi connectivity index (χ1) is 20.0. The van der Waals surface area contributed by atoms with Crippen LogP contribution in [0, 0.1) is 0 Å². The summed E-state index contributed by atoms with van der Waals surface area (Å²) < 4.78 is 22.9. The number of esters is 1. The average Bonchev–Trinajstić information content (AvgIpc) is 2.95. The molecule has 1 fully saturated rings. The molecule has 42 heavy (non-hydrogen) atoms. The lowest BCUT2D eigenvalue weighted by atomic mass is 9.99. The van der Waals surface area contributed by atoms with Gasteiger partial charge in [-0.15, -0.1) is 0 Å². The first-order valence-electron chi connectivity index (χ1n) is 12.7. The topological polar surface area (TPSA) is 196 Å². The van der Waals surface area contributed by atoms with Crippen molar-refractivity contribution in [1.29, 1.82) is 0 Å². The molecule has 5 unspecified atom stereocenters. The molecule has 4 aromatic rings. The van der Waals surface area contributed by atoms with Gasteiger partial charge in [0.05, 0.1) is 6.10 Å². The highest BCUT2D eigenvalue weighted by molar-refractivity contribution is 5.88. The number of carbonyl (C=O) groups is 1. The maximum atomic E-state index is 13.7. The van der Waals surface area contributed by atoms with Crippen LogP contribution in [0.3, 0.4) is 0 Å². The van der Waals surface area contributed by atoms with Crippen molar-refractivity contribution in [1.82, 2.24) is 0 Å². The third-order valence-corrected chi connectivity index (χ3v) is 6.62. The van der Waals surface area contributed by atoms with Gasteiger partial charge in [-0.05, 0) is 55.0 Å². The number of carbonyl (C=O) groups excluding carboxylic acids is 1. The quantitative estimate of drug-likeness (QED) is 0.145. The summed E-state index contributed by atoms with van der Waals surface area (Å²) >= 11 is 0. The van der Waals surface area contributed by atoms with E-state index in [-0.39, 0.29) is 39.5 Å². The summed E-state index contributed by atoms with van der Waals surface area (Å²) in [6.07, 6.45) is -5.03. The lowest BCUT2D eigenvalue weighted by molar-refractivity contribution is -0.272. The second kappa shape index (κ2) is 11.4. The van der Waals surface area contributed by atoms with Crippen molar-refractivity contribution in [3.63, 3.8) is 0 Å². The third-order valence-electron chi connectivity index (χ3n) is 6.62. The first kappa shape index (κ1) is 28.5. The van der Waals surface area contributed by atoms with Crippen molar-refractivity contribution in [3.8, 4) is 40.1 Å². The largest absolute Gasteiger partial charge is 0.508 e. The monoisotopic (exact) mass is 578 g/mol. The molecule has 2 heterocycles. The Kier molecular flexibility index (Phi) is 7.77. The SMILES string of the molecule is CC1OC(Oc2c(-c3ccc(O)cc3)oc3cc(O)cc(O)c3c2=O)C(OC(=O)/C=C/c2ccc(O)cc2)C(O)C1O. The number of phenolic OH excluding ortho intramolecular Hbond substituents is 4. The molecule has 0 radical (unpaired) electrons. The number of hydrogen-bond acceptors (Lipinski definition) is 12. The van der Waals surface area contributed by atoms with Crippen molar-refractivity contribution < 1.29 is 54.1 Å². The van der Waals surface area contributed by atoms with E-state index in [0.717, 1.165) is 18.2 Å². The molecule has 0 aliphatic carbocycles. The number of hydrogen-bond donors (Lipinski definition) is 6. The number of ether oxygens (including phenoxy) is 3. The van der Waals surface area contributed by atoms with Crippen molar-refractivity contribution in [3.05, 3.63) is 82.5 Å². The number of aliphatic hydroxyl groups is 2. The van der Waals surface area contributed by atoms with Crippen molar-refractivity contribution in [2.24, 2.45) is 0 Å². The highest BCUT2D eigenvalue weighted by Gasteiger charge is 2.47. The molecule has 1 saturated heterocycles. The number of phenols is 4. The van der Waals surface area contributed by atoms with Gasteiger partial charge in [-0.2, -0.15) is 0 Å². The lowest BCUT2D eigenvalue weighted by Gasteiger charge is -2.40. The fourth-order valence-electron chi connectivity index (χ4n) is 4.44. The minimum Gasteiger partial charge on any atom is -0.508 e. The number of fused-ring (bicyclic) bond motifs is 1. The van der Waals surface area contributed by atoms with Gasteiger partial charge in [0.1, 0.15) is 46.2 Å². The Morgan fingerprint density at radius 2 is 1.52 bits per heavy atom. The standard InChI is InChI=1S/C30H26O12/c1-14-24(36)26(38)29(41-22(35)11-4-15-2-7-17(31)8-3-15)30(39-14)42-28-25(37)23-20(34)12-19(33)13-21(23)40-27(28)16-5-9-18(32)10-6-16/h2-14,24,26,29-34,36,38H,1H3/b11-4+. The van der Waals surface area contributed by atoms with Gasteiger partial charge in [-0.1, -0.05) is 12.1 Å². The van der Waals surface area contributed by atoms with Crippen LogP contribution < -0.4 is 10.2 Å². The molecule has 5 atom stereocenters. The van der Waals surface area contributed by atoms with Crippen LogP contribution in [-0.2, 0) is 14.3 Å². The van der Waals surface area contributed by atoms with Gasteiger partial charge in [0, 0.05) is 23.8 Å². The van der Waals surface area contributed by atoms with Crippen LogP contribution in [-0.4, -0.2) is 67.3 Å². The van der Waals surface area contributed by atoms with Gasteiger partial charge >= 0.3 is 5.97 Å². The number of benzene rings is 3. The molecule has 12 heteroatoms. The van der Waals surface area contributed by atoms with Crippen molar-refractivity contribution in [2.45, 2.75) is 37.6 Å². The molecular weight excluding hydrogens is 552 g/mol. The van der Waals surface area contributed by atoms with Crippen LogP contribution in [0.2, 0.25) is 0 Å². The van der Waals surface area contributed by atoms with E-state index in [9.17, 15) is 40.2 Å². The Balaban J connectivity index is 1.54. The zero-order chi connectivity index (χ0) is 30.1. The first-order valence-corrected chi connectivity index (χ1v) is 12.7. The average molecular weight is 579 g/mol. The van der Waals surface area contributed by atoms with Crippen LogP contribution >= 0.6 is 0 Å². The predicted molar refractivity (Wildman–Crippen MR) is 147 cm³/mol. The molecule has 5 rings (SSSR count). The zero-order valence-corrected chi connectivity index (χ0v) is 21.9. The molecule has 1 aromatic heterocycles. The minimum absolute atomic E-state index is 0.0373. The molecular formula is C30H26O12. The van der Waals surface area contributed by atoms with Gasteiger partial charge in [-0.3, -0.25) is 4.79 Å². The van der Waals surface area contributed by atoms with E-state index in [1.807, 2.05) is 0 Å². The summed E-state index contributed by atoms with van der Waals surface area (Å²) in [5, 5.41) is 60.4. The van der Waals surface area contributed by atoms with E-state index in [1.165, 1.54) is 49.4 Å². The molecule has 0 amide bonds. The Hall–Kier alpha value is -5.04. The Bertz CT molecular complexity index is 1690. The molecule has 1 aliphatic heterocycles. The summed E-state index contributed by atoms with van der Waals surface area (Å²) in [6.45, 7) is 1.44. The number of rotatable bonds is 6. The highest BCUT2D eigenvalue weighted by Crippen LogP contribution is 2.37. The molecule has 12 nitrogen and oxygen atoms in total. The van der Waals surface area contributed by atoms with Gasteiger partial charge in [0.25, 0.3) is 0 Å². The van der Waals surface area contributed by atoms with E-state index in [0.29, 0.717) is 5.56 Å². The lowest BCUT2D eigenvalue weighted by Crippen LogP contribution is -2.59. The summed E-state index contributed by atoms with van der Waals surface area (Å²) in [7, 11) is 0. The molecule has 0 saturated carbocycles. The van der Waals surface area contributed by atoms with E-state index >= 15 is 0 Å². The summed E-state index contributed by atoms with van der Waals surface area (Å²) in [6, 6.07) is 13.5. The van der Waals surface area contributed by atoms with Gasteiger partial charge in [0.2, 0.25) is 17.5 Å².